The van der Waals surface area contributed by atoms with E-state index >= 15 is 0 Å². The van der Waals surface area contributed by atoms with Crippen molar-refractivity contribution in [1.82, 2.24) is 0 Å². The predicted octanol–water partition coefficient (Wildman–Crippen LogP) is 4.36. The van der Waals surface area contributed by atoms with Crippen molar-refractivity contribution >= 4 is 34.3 Å². The summed E-state index contributed by atoms with van der Waals surface area (Å²) in [7, 11) is 0. The van der Waals surface area contributed by atoms with Crippen molar-refractivity contribution in [1.29, 1.82) is 0 Å². The number of carbonyl (C=O) groups is 1. The van der Waals surface area contributed by atoms with Gasteiger partial charge in [-0.2, -0.15) is 0 Å². The summed E-state index contributed by atoms with van der Waals surface area (Å²) in [5.74, 6) is -0.392. The fraction of sp³-hybridized carbons (Fsp3) is 0.176. The van der Waals surface area contributed by atoms with E-state index in [-0.39, 0.29) is 6.03 Å². The Labute approximate surface area is 138 Å². The van der Waals surface area contributed by atoms with Crippen molar-refractivity contribution in [2.24, 2.45) is 4.99 Å². The number of nitrogens with zero attached hydrogens (tertiary/aromatic N) is 2. The molecule has 0 saturated heterocycles. The van der Waals surface area contributed by atoms with Crippen molar-refractivity contribution in [3.63, 3.8) is 0 Å². The third kappa shape index (κ3) is 3.71. The number of halogens is 1. The van der Waals surface area contributed by atoms with E-state index in [0.29, 0.717) is 28.3 Å². The largest absolute Gasteiger partial charge is 0.332 e. The van der Waals surface area contributed by atoms with Gasteiger partial charge < -0.3 is 5.32 Å². The highest BCUT2D eigenvalue weighted by molar-refractivity contribution is 8.15. The van der Waals surface area contributed by atoms with Crippen molar-refractivity contribution < 1.29 is 9.18 Å². The van der Waals surface area contributed by atoms with Crippen LogP contribution in [0.1, 0.15) is 6.92 Å². The van der Waals surface area contributed by atoms with Crippen LogP contribution < -0.4 is 10.2 Å². The Balaban J connectivity index is 1.90. The summed E-state index contributed by atoms with van der Waals surface area (Å²) in [6, 6.07) is 14.7. The number of amides is 2. The van der Waals surface area contributed by atoms with Crippen molar-refractivity contribution in [3.8, 4) is 0 Å². The van der Waals surface area contributed by atoms with Gasteiger partial charge in [0.05, 0.1) is 12.2 Å². The zero-order valence-corrected chi connectivity index (χ0v) is 13.4. The van der Waals surface area contributed by atoms with Crippen LogP contribution in [-0.2, 0) is 0 Å². The molecule has 1 aliphatic heterocycles. The number of rotatable bonds is 2. The van der Waals surface area contributed by atoms with Gasteiger partial charge in [-0.15, -0.1) is 0 Å². The first-order valence-electron chi connectivity index (χ1n) is 7.26. The van der Waals surface area contributed by atoms with Crippen LogP contribution in [0.3, 0.4) is 0 Å². The van der Waals surface area contributed by atoms with Gasteiger partial charge in [0, 0.05) is 10.9 Å². The van der Waals surface area contributed by atoms with Gasteiger partial charge in [0.25, 0.3) is 0 Å². The molecule has 23 heavy (non-hydrogen) atoms. The molecule has 0 fully saturated rings. The number of hydrogen-bond acceptors (Lipinski definition) is 3. The van der Waals surface area contributed by atoms with E-state index in [4.69, 9.17) is 0 Å². The summed E-state index contributed by atoms with van der Waals surface area (Å²) >= 11 is 1.51. The number of benzene rings is 2. The Hall–Kier alpha value is -2.34. The molecule has 2 aromatic carbocycles. The van der Waals surface area contributed by atoms with Crippen LogP contribution in [-0.4, -0.2) is 23.0 Å². The third-order valence-electron chi connectivity index (χ3n) is 3.28. The lowest BCUT2D eigenvalue weighted by molar-refractivity contribution is 0.259. The molecule has 1 N–H and O–H groups in total. The number of nitrogens with one attached hydrogen (secondary N) is 1. The second kappa shape index (κ2) is 6.83. The van der Waals surface area contributed by atoms with Crippen LogP contribution in [0.5, 0.6) is 0 Å². The normalized spacial score (nSPS) is 16.8. The zero-order chi connectivity index (χ0) is 16.2. The highest BCUT2D eigenvalue weighted by atomic mass is 32.2. The Bertz CT molecular complexity index is 736. The summed E-state index contributed by atoms with van der Waals surface area (Å²) in [4.78, 5) is 18.5. The molecule has 1 aliphatic rings. The second-order valence-electron chi connectivity index (χ2n) is 5.16. The molecule has 3 rings (SSSR count). The van der Waals surface area contributed by atoms with E-state index in [1.807, 2.05) is 25.1 Å². The van der Waals surface area contributed by atoms with Crippen LogP contribution in [0.2, 0.25) is 0 Å². The molecule has 0 spiro atoms. The minimum Gasteiger partial charge on any atom is -0.307 e. The topological polar surface area (TPSA) is 44.7 Å². The van der Waals surface area contributed by atoms with E-state index in [9.17, 15) is 9.18 Å². The second-order valence-corrected chi connectivity index (χ2v) is 6.57. The van der Waals surface area contributed by atoms with Gasteiger partial charge in [0.2, 0.25) is 0 Å². The number of thioether (sulfide) groups is 1. The van der Waals surface area contributed by atoms with Crippen molar-refractivity contribution in [3.05, 3.63) is 60.4 Å². The highest BCUT2D eigenvalue weighted by Gasteiger charge is 2.27. The first-order chi connectivity index (χ1) is 11.1. The van der Waals surface area contributed by atoms with E-state index in [1.54, 1.807) is 24.3 Å². The van der Waals surface area contributed by atoms with Crippen molar-refractivity contribution in [2.75, 3.05) is 16.8 Å². The lowest BCUT2D eigenvalue weighted by Gasteiger charge is -2.22. The van der Waals surface area contributed by atoms with Crippen LogP contribution in [0, 0.1) is 5.82 Å². The maximum Gasteiger partial charge on any atom is 0.332 e. The SMILES string of the molecule is CC1CN=C(N(C(=O)Nc2ccccc2)c2cccc(F)c2)S1. The minimum absolute atomic E-state index is 0.297. The Morgan fingerprint density at radius 3 is 2.70 bits per heavy atom. The van der Waals surface area contributed by atoms with E-state index < -0.39 is 5.82 Å². The summed E-state index contributed by atoms with van der Waals surface area (Å²) in [6.45, 7) is 2.68. The molecule has 6 heteroatoms. The van der Waals surface area contributed by atoms with Gasteiger partial charge >= 0.3 is 6.03 Å². The molecule has 0 aliphatic carbocycles. The number of aliphatic imine (C=N–C) groups is 1. The molecule has 0 radical (unpaired) electrons. The molecule has 118 valence electrons. The average Bonchev–Trinajstić information content (AvgIpc) is 2.94. The quantitative estimate of drug-likeness (QED) is 0.890. The van der Waals surface area contributed by atoms with E-state index in [2.05, 4.69) is 10.3 Å². The molecular weight excluding hydrogens is 313 g/mol. The third-order valence-corrected chi connectivity index (χ3v) is 4.35. The van der Waals surface area contributed by atoms with Gasteiger partial charge in [-0.1, -0.05) is 43.0 Å². The molecule has 0 aromatic heterocycles. The smallest absolute Gasteiger partial charge is 0.307 e. The molecule has 4 nitrogen and oxygen atoms in total. The zero-order valence-electron chi connectivity index (χ0n) is 12.6. The van der Waals surface area contributed by atoms with Gasteiger partial charge in [-0.25, -0.2) is 14.1 Å². The summed E-state index contributed by atoms with van der Waals surface area (Å²) < 4.78 is 13.6. The molecule has 1 heterocycles. The van der Waals surface area contributed by atoms with E-state index in [1.165, 1.54) is 28.8 Å². The Morgan fingerprint density at radius 1 is 1.26 bits per heavy atom. The molecule has 0 bridgehead atoms. The first kappa shape index (κ1) is 15.6. The number of carbonyl (C=O) groups excluding carboxylic acids is 1. The lowest BCUT2D eigenvalue weighted by atomic mass is 10.3. The van der Waals surface area contributed by atoms with E-state index in [0.717, 1.165) is 0 Å². The lowest BCUT2D eigenvalue weighted by Crippen LogP contribution is -2.38. The fourth-order valence-corrected chi connectivity index (χ4v) is 3.17. The Kier molecular flexibility index (Phi) is 4.62. The van der Waals surface area contributed by atoms with Crippen molar-refractivity contribution in [2.45, 2.75) is 12.2 Å². The van der Waals surface area contributed by atoms with Gasteiger partial charge in [0.15, 0.2) is 5.17 Å². The summed E-state index contributed by atoms with van der Waals surface area (Å²) in [5, 5.41) is 3.70. The molecule has 0 saturated carbocycles. The van der Waals surface area contributed by atoms with Gasteiger partial charge in [-0.05, 0) is 30.3 Å². The monoisotopic (exact) mass is 329 g/mol. The number of para-hydroxylation sites is 1. The molecule has 2 amide bonds. The summed E-state index contributed by atoms with van der Waals surface area (Å²) in [6.07, 6.45) is 0. The molecule has 1 unspecified atom stereocenters. The van der Waals surface area contributed by atoms with Crippen LogP contribution in [0.25, 0.3) is 0 Å². The summed E-state index contributed by atoms with van der Waals surface area (Å²) in [5.41, 5.74) is 1.13. The first-order valence-corrected chi connectivity index (χ1v) is 8.14. The van der Waals surface area contributed by atoms with Gasteiger partial charge in [-0.3, -0.25) is 4.99 Å². The Morgan fingerprint density at radius 2 is 2.04 bits per heavy atom. The standard InChI is InChI=1S/C17H16FN3OS/c1-12-11-19-17(23-12)21(15-9-5-6-13(18)10-15)16(22)20-14-7-3-2-4-8-14/h2-10,12H,11H2,1H3,(H,20,22). The number of hydrogen-bond donors (Lipinski definition) is 1. The number of amidine groups is 1. The fourth-order valence-electron chi connectivity index (χ4n) is 2.22. The van der Waals surface area contributed by atoms with Crippen LogP contribution >= 0.6 is 11.8 Å². The minimum atomic E-state index is -0.392. The molecule has 1 atom stereocenters. The van der Waals surface area contributed by atoms with Crippen LogP contribution in [0.4, 0.5) is 20.6 Å². The maximum absolute atomic E-state index is 13.6. The molecular formula is C17H16FN3OS. The van der Waals surface area contributed by atoms with Gasteiger partial charge in [0.1, 0.15) is 5.82 Å². The predicted molar refractivity (Wildman–Crippen MR) is 93.7 cm³/mol. The number of anilines is 2. The maximum atomic E-state index is 13.6. The average molecular weight is 329 g/mol. The molecule has 2 aromatic rings. The van der Waals surface area contributed by atoms with Crippen LogP contribution in [0.15, 0.2) is 59.6 Å². The highest BCUT2D eigenvalue weighted by Crippen LogP contribution is 2.28. The number of urea groups is 1.